The molecule has 0 unspecified atom stereocenters. The molecule has 0 radical (unpaired) electrons. The molecule has 0 spiro atoms. The lowest BCUT2D eigenvalue weighted by atomic mass is 9.65. The van der Waals surface area contributed by atoms with Crippen LogP contribution in [0.1, 0.15) is 62.3 Å². The van der Waals surface area contributed by atoms with Gasteiger partial charge < -0.3 is 14.2 Å². The van der Waals surface area contributed by atoms with E-state index in [2.05, 4.69) is 252 Å². The van der Waals surface area contributed by atoms with Gasteiger partial charge in [0.25, 0.3) is 0 Å². The molecule has 1 heterocycles. The fourth-order valence-electron chi connectivity index (χ4n) is 12.8. The summed E-state index contributed by atoms with van der Waals surface area (Å²) in [6, 6.07) is 86.1. The van der Waals surface area contributed by atoms with Gasteiger partial charge in [0.15, 0.2) is 0 Å². The first kappa shape index (κ1) is 42.7. The van der Waals surface area contributed by atoms with Crippen molar-refractivity contribution in [3.63, 3.8) is 0 Å². The summed E-state index contributed by atoms with van der Waals surface area (Å²) >= 11 is 0. The number of hydrogen-bond donors (Lipinski definition) is 0. The van der Waals surface area contributed by atoms with Gasteiger partial charge in [-0.2, -0.15) is 0 Å². The van der Waals surface area contributed by atoms with E-state index in [0.717, 1.165) is 84.0 Å². The lowest BCUT2D eigenvalue weighted by Gasteiger charge is -2.38. The highest BCUT2D eigenvalue weighted by Gasteiger charge is 2.50. The Balaban J connectivity index is 1.03. The summed E-state index contributed by atoms with van der Waals surface area (Å²) in [6.07, 6.45) is 10.8. The number of fused-ring (bicyclic) bond motifs is 9. The van der Waals surface area contributed by atoms with Crippen LogP contribution < -0.4 is 9.80 Å². The average Bonchev–Trinajstić information content (AvgIpc) is 4.13. The Labute approximate surface area is 433 Å². The molecular formula is C71H52N2O. The molecule has 0 atom stereocenters. The molecule has 4 aliphatic rings. The molecule has 4 aliphatic carbocycles. The molecule has 3 heteroatoms. The molecule has 15 rings (SSSR count). The minimum Gasteiger partial charge on any atom is -0.456 e. The normalized spacial score (nSPS) is 14.2. The minimum absolute atomic E-state index is 0.707. The number of rotatable bonds is 10. The van der Waals surface area contributed by atoms with Gasteiger partial charge in [0.1, 0.15) is 11.3 Å². The summed E-state index contributed by atoms with van der Waals surface area (Å²) in [7, 11) is 0. The molecular weight excluding hydrogens is 897 g/mol. The zero-order valence-electron chi connectivity index (χ0n) is 41.1. The Hall–Kier alpha value is -8.92. The summed E-state index contributed by atoms with van der Waals surface area (Å²) in [6.45, 7) is 0. The van der Waals surface area contributed by atoms with Gasteiger partial charge in [0, 0.05) is 45.0 Å². The predicted molar refractivity (Wildman–Crippen MR) is 306 cm³/mol. The van der Waals surface area contributed by atoms with Crippen molar-refractivity contribution < 1.29 is 4.42 Å². The Morgan fingerprint density at radius 1 is 0.378 bits per heavy atom. The first-order valence-corrected chi connectivity index (χ1v) is 26.4. The van der Waals surface area contributed by atoms with E-state index in [-0.39, 0.29) is 0 Å². The van der Waals surface area contributed by atoms with Crippen LogP contribution >= 0.6 is 0 Å². The quantitative estimate of drug-likeness (QED) is 0.136. The first-order valence-electron chi connectivity index (χ1n) is 26.4. The van der Waals surface area contributed by atoms with E-state index >= 15 is 0 Å². The summed E-state index contributed by atoms with van der Waals surface area (Å²) in [5, 5.41) is 1.18. The second-order valence-electron chi connectivity index (χ2n) is 20.5. The number of hydrogen-bond acceptors (Lipinski definition) is 3. The van der Waals surface area contributed by atoms with Crippen LogP contribution in [0, 0.1) is 0 Å². The molecule has 0 saturated heterocycles. The lowest BCUT2D eigenvalue weighted by molar-refractivity contribution is 0.596. The SMILES string of the molecule is C1=Cc2oc3c4c(cc(N(c5ccccc5)c5ccc(-c6ccccc6)cc5)c3c2CC1)C(c1ccc2c(c1)CC2)(c1ccc2c(c1)CC2)c1cc(N(c2ccccc2)c2ccc(-c3ccccc3)cc2)ccc1-4. The van der Waals surface area contributed by atoms with Gasteiger partial charge >= 0.3 is 0 Å². The number of furan rings is 1. The molecule has 352 valence electrons. The van der Waals surface area contributed by atoms with Crippen molar-refractivity contribution in [2.45, 2.75) is 43.9 Å². The van der Waals surface area contributed by atoms with E-state index in [1.54, 1.807) is 0 Å². The molecule has 10 aromatic carbocycles. The Kier molecular flexibility index (Phi) is 9.88. The molecule has 11 aromatic rings. The largest absolute Gasteiger partial charge is 0.456 e. The highest BCUT2D eigenvalue weighted by molar-refractivity contribution is 6.11. The molecule has 0 amide bonds. The monoisotopic (exact) mass is 948 g/mol. The molecule has 0 aliphatic heterocycles. The van der Waals surface area contributed by atoms with Crippen LogP contribution in [0.4, 0.5) is 34.1 Å². The van der Waals surface area contributed by atoms with Crippen molar-refractivity contribution in [3.05, 3.63) is 292 Å². The minimum atomic E-state index is -0.707. The second-order valence-corrected chi connectivity index (χ2v) is 20.5. The van der Waals surface area contributed by atoms with E-state index < -0.39 is 5.41 Å². The van der Waals surface area contributed by atoms with Crippen LogP contribution in [0.25, 0.3) is 50.4 Å². The summed E-state index contributed by atoms with van der Waals surface area (Å²) in [5.74, 6) is 0.959. The van der Waals surface area contributed by atoms with Crippen molar-refractivity contribution in [2.75, 3.05) is 9.80 Å². The zero-order chi connectivity index (χ0) is 48.7. The van der Waals surface area contributed by atoms with E-state index in [1.807, 2.05) is 0 Å². The highest BCUT2D eigenvalue weighted by atomic mass is 16.3. The number of benzene rings is 10. The Bertz CT molecular complexity index is 3930. The van der Waals surface area contributed by atoms with Gasteiger partial charge in [-0.1, -0.05) is 170 Å². The van der Waals surface area contributed by atoms with E-state index in [9.17, 15) is 0 Å². The van der Waals surface area contributed by atoms with Crippen molar-refractivity contribution in [3.8, 4) is 33.4 Å². The van der Waals surface area contributed by atoms with E-state index in [0.29, 0.717) is 0 Å². The van der Waals surface area contributed by atoms with Crippen LogP contribution in [-0.4, -0.2) is 0 Å². The molecule has 0 saturated carbocycles. The maximum atomic E-state index is 7.44. The zero-order valence-corrected chi connectivity index (χ0v) is 41.1. The third-order valence-electron chi connectivity index (χ3n) is 16.6. The van der Waals surface area contributed by atoms with E-state index in [1.165, 1.54) is 88.8 Å². The smallest absolute Gasteiger partial charge is 0.145 e. The number of para-hydroxylation sites is 2. The van der Waals surface area contributed by atoms with Crippen LogP contribution in [0.15, 0.2) is 241 Å². The molecule has 0 bridgehead atoms. The molecule has 0 N–H and O–H groups in total. The lowest BCUT2D eigenvalue weighted by Crippen LogP contribution is -2.31. The Morgan fingerprint density at radius 2 is 0.865 bits per heavy atom. The number of anilines is 6. The molecule has 74 heavy (non-hydrogen) atoms. The van der Waals surface area contributed by atoms with Crippen molar-refractivity contribution in [1.82, 2.24) is 0 Å². The van der Waals surface area contributed by atoms with Gasteiger partial charge in [0.2, 0.25) is 0 Å². The van der Waals surface area contributed by atoms with E-state index in [4.69, 9.17) is 4.42 Å². The molecule has 1 aromatic heterocycles. The van der Waals surface area contributed by atoms with Crippen LogP contribution in [0.3, 0.4) is 0 Å². The second kappa shape index (κ2) is 17.1. The number of nitrogens with zero attached hydrogens (tertiary/aromatic N) is 2. The van der Waals surface area contributed by atoms with Gasteiger partial charge in [0.05, 0.1) is 11.1 Å². The van der Waals surface area contributed by atoms with Crippen LogP contribution in [0.5, 0.6) is 0 Å². The van der Waals surface area contributed by atoms with Crippen molar-refractivity contribution in [1.29, 1.82) is 0 Å². The predicted octanol–water partition coefficient (Wildman–Crippen LogP) is 18.2. The standard InChI is InChI=1S/C71H52N2O/c1-5-15-47(16-6-1)49-31-37-59(38-32-49)72(57-19-9-3-10-20-57)61-41-42-62-64(45-61)71(55-35-29-51-25-27-53(51)43-55,56-36-30-52-26-28-54(52)44-56)65-46-66(69-63-23-13-14-24-67(63)74-70(69)68(62)65)73(58-21-11-4-12-22-58)60-39-33-50(34-40-60)48-17-7-2-8-18-48/h1-12,14-22,24,29-46H,13,23,25-28H2. The molecule has 0 fully saturated rings. The summed E-state index contributed by atoms with van der Waals surface area (Å²) < 4.78 is 7.44. The van der Waals surface area contributed by atoms with Gasteiger partial charge in [-0.3, -0.25) is 0 Å². The molecule has 3 nitrogen and oxygen atoms in total. The van der Waals surface area contributed by atoms with Gasteiger partial charge in [-0.05, 0) is 184 Å². The van der Waals surface area contributed by atoms with Crippen LogP contribution in [0.2, 0.25) is 0 Å². The highest BCUT2D eigenvalue weighted by Crippen LogP contribution is 2.62. The van der Waals surface area contributed by atoms with Gasteiger partial charge in [-0.15, -0.1) is 0 Å². The fourth-order valence-corrected chi connectivity index (χ4v) is 12.8. The third kappa shape index (κ3) is 6.66. The topological polar surface area (TPSA) is 19.6 Å². The summed E-state index contributed by atoms with van der Waals surface area (Å²) in [4.78, 5) is 4.93. The summed E-state index contributed by atoms with van der Waals surface area (Å²) in [5.41, 5.74) is 26.3. The van der Waals surface area contributed by atoms with Crippen molar-refractivity contribution in [2.24, 2.45) is 0 Å². The fraction of sp³-hybridized carbons (Fsp3) is 0.0986. The van der Waals surface area contributed by atoms with Gasteiger partial charge in [-0.25, -0.2) is 0 Å². The maximum absolute atomic E-state index is 7.44. The first-order chi connectivity index (χ1) is 36.7. The van der Waals surface area contributed by atoms with Crippen LogP contribution in [-0.2, 0) is 37.5 Å². The Morgan fingerprint density at radius 3 is 1.41 bits per heavy atom. The maximum Gasteiger partial charge on any atom is 0.145 e. The average molecular weight is 949 g/mol. The number of allylic oxidation sites excluding steroid dienone is 1. The third-order valence-corrected chi connectivity index (χ3v) is 16.6. The van der Waals surface area contributed by atoms with Crippen molar-refractivity contribution >= 4 is 51.2 Å². The number of aryl methyl sites for hydroxylation is 5.